The van der Waals surface area contributed by atoms with E-state index in [0.29, 0.717) is 38.5 Å². The minimum Gasteiger partial charge on any atom is -0.379 e. The highest BCUT2D eigenvalue weighted by atomic mass is 32.2. The van der Waals surface area contributed by atoms with Crippen molar-refractivity contribution in [3.8, 4) is 0 Å². The van der Waals surface area contributed by atoms with Crippen LogP contribution < -0.4 is 10.6 Å². The summed E-state index contributed by atoms with van der Waals surface area (Å²) in [5.41, 5.74) is 2.61. The van der Waals surface area contributed by atoms with Gasteiger partial charge in [0.15, 0.2) is 0 Å². The molecule has 8 nitrogen and oxygen atoms in total. The Kier molecular flexibility index (Phi) is 8.03. The Balaban J connectivity index is 1.59. The van der Waals surface area contributed by atoms with E-state index >= 15 is 0 Å². The predicted molar refractivity (Wildman–Crippen MR) is 120 cm³/mol. The third-order valence-corrected chi connectivity index (χ3v) is 7.03. The van der Waals surface area contributed by atoms with E-state index in [2.05, 4.69) is 41.6 Å². The number of amides is 2. The summed E-state index contributed by atoms with van der Waals surface area (Å²) in [5.74, 6) is 0. The summed E-state index contributed by atoms with van der Waals surface area (Å²) in [4.78, 5) is 14.7. The molecule has 2 amide bonds. The maximum Gasteiger partial charge on any atom is 0.319 e. The summed E-state index contributed by atoms with van der Waals surface area (Å²) in [5, 5.41) is 5.54. The summed E-state index contributed by atoms with van der Waals surface area (Å²) < 4.78 is 32.2. The Morgan fingerprint density at radius 2 is 1.81 bits per heavy atom. The summed E-state index contributed by atoms with van der Waals surface area (Å²) in [6, 6.07) is 14.0. The Morgan fingerprint density at radius 1 is 1.10 bits per heavy atom. The molecule has 0 aromatic heterocycles. The highest BCUT2D eigenvalue weighted by molar-refractivity contribution is 7.89. The van der Waals surface area contributed by atoms with Crippen molar-refractivity contribution in [2.45, 2.75) is 24.9 Å². The number of hydrogen-bond acceptors (Lipinski definition) is 5. The standard InChI is InChI=1S/C22H30N4O4S/c1-3-25(2)17-19-7-4-6-18(14-19)16-23-22(27)24-20-8-5-9-21(15-20)31(28,29)26-10-12-30-13-11-26/h4-9,14-15H,3,10-13,16-17H2,1-2H3,(H2,23,24,27). The van der Waals surface area contributed by atoms with Crippen molar-refractivity contribution in [3.63, 3.8) is 0 Å². The molecule has 168 valence electrons. The van der Waals surface area contributed by atoms with Crippen LogP contribution in [0.2, 0.25) is 0 Å². The second kappa shape index (κ2) is 10.7. The summed E-state index contributed by atoms with van der Waals surface area (Å²) >= 11 is 0. The van der Waals surface area contributed by atoms with E-state index in [1.165, 1.54) is 22.0 Å². The Labute approximate surface area is 184 Å². The van der Waals surface area contributed by atoms with Gasteiger partial charge in [-0.25, -0.2) is 13.2 Å². The number of benzene rings is 2. The normalized spacial score (nSPS) is 15.1. The topological polar surface area (TPSA) is 91.0 Å². The molecule has 9 heteroatoms. The lowest BCUT2D eigenvalue weighted by molar-refractivity contribution is 0.0730. The molecule has 0 spiro atoms. The number of rotatable bonds is 8. The van der Waals surface area contributed by atoms with Crippen molar-refractivity contribution in [1.29, 1.82) is 0 Å². The second-order valence-electron chi connectivity index (χ2n) is 7.50. The first-order chi connectivity index (χ1) is 14.9. The van der Waals surface area contributed by atoms with E-state index in [4.69, 9.17) is 4.74 Å². The lowest BCUT2D eigenvalue weighted by atomic mass is 10.1. The van der Waals surface area contributed by atoms with Crippen molar-refractivity contribution < 1.29 is 17.9 Å². The number of nitrogens with one attached hydrogen (secondary N) is 2. The molecule has 0 saturated carbocycles. The number of ether oxygens (including phenoxy) is 1. The van der Waals surface area contributed by atoms with Crippen molar-refractivity contribution in [3.05, 3.63) is 59.7 Å². The van der Waals surface area contributed by atoms with Gasteiger partial charge in [-0.05, 0) is 42.9 Å². The minimum absolute atomic E-state index is 0.153. The average molecular weight is 447 g/mol. The van der Waals surface area contributed by atoms with Crippen molar-refractivity contribution in [1.82, 2.24) is 14.5 Å². The summed E-state index contributed by atoms with van der Waals surface area (Å²) in [6.07, 6.45) is 0. The largest absolute Gasteiger partial charge is 0.379 e. The van der Waals surface area contributed by atoms with Gasteiger partial charge in [-0.3, -0.25) is 0 Å². The SMILES string of the molecule is CCN(C)Cc1cccc(CNC(=O)Nc2cccc(S(=O)(=O)N3CCOCC3)c2)c1. The number of urea groups is 1. The molecule has 2 aromatic rings. The van der Waals surface area contributed by atoms with Crippen LogP contribution in [0.1, 0.15) is 18.1 Å². The van der Waals surface area contributed by atoms with E-state index in [9.17, 15) is 13.2 Å². The van der Waals surface area contributed by atoms with Gasteiger partial charge in [0, 0.05) is 31.9 Å². The first kappa shape index (κ1) is 23.2. The molecular formula is C22H30N4O4S. The van der Waals surface area contributed by atoms with Gasteiger partial charge in [-0.15, -0.1) is 0 Å². The second-order valence-corrected chi connectivity index (χ2v) is 9.44. The fraction of sp³-hybridized carbons (Fsp3) is 0.409. The fourth-order valence-electron chi connectivity index (χ4n) is 3.29. The van der Waals surface area contributed by atoms with Crippen molar-refractivity contribution in [2.24, 2.45) is 0 Å². The molecular weight excluding hydrogens is 416 g/mol. The molecule has 1 heterocycles. The van der Waals surface area contributed by atoms with Crippen LogP contribution >= 0.6 is 0 Å². The van der Waals surface area contributed by atoms with Crippen LogP contribution in [0.15, 0.2) is 53.4 Å². The molecule has 0 atom stereocenters. The molecule has 0 bridgehead atoms. The van der Waals surface area contributed by atoms with E-state index in [-0.39, 0.29) is 4.90 Å². The number of hydrogen-bond donors (Lipinski definition) is 2. The average Bonchev–Trinajstić information content (AvgIpc) is 2.78. The van der Waals surface area contributed by atoms with Gasteiger partial charge in [-0.1, -0.05) is 37.3 Å². The van der Waals surface area contributed by atoms with Gasteiger partial charge in [0.05, 0.1) is 18.1 Å². The van der Waals surface area contributed by atoms with Gasteiger partial charge in [0.2, 0.25) is 10.0 Å². The van der Waals surface area contributed by atoms with E-state index < -0.39 is 16.1 Å². The van der Waals surface area contributed by atoms with Gasteiger partial charge in [0.25, 0.3) is 0 Å². The third kappa shape index (κ3) is 6.51. The molecule has 31 heavy (non-hydrogen) atoms. The van der Waals surface area contributed by atoms with Gasteiger partial charge < -0.3 is 20.3 Å². The van der Waals surface area contributed by atoms with Gasteiger partial charge >= 0.3 is 6.03 Å². The molecule has 0 radical (unpaired) electrons. The van der Waals surface area contributed by atoms with Crippen LogP contribution in [0.5, 0.6) is 0 Å². The van der Waals surface area contributed by atoms with Crippen LogP contribution in [0.4, 0.5) is 10.5 Å². The number of anilines is 1. The van der Waals surface area contributed by atoms with Crippen LogP contribution in [0.25, 0.3) is 0 Å². The molecule has 0 aliphatic carbocycles. The Morgan fingerprint density at radius 3 is 2.55 bits per heavy atom. The number of carbonyl (C=O) groups is 1. The van der Waals surface area contributed by atoms with E-state index in [1.807, 2.05) is 12.1 Å². The predicted octanol–water partition coefficient (Wildman–Crippen LogP) is 2.48. The van der Waals surface area contributed by atoms with Crippen LogP contribution in [0.3, 0.4) is 0 Å². The number of morpholine rings is 1. The zero-order valence-corrected chi connectivity index (χ0v) is 18.8. The molecule has 1 aliphatic rings. The Hall–Kier alpha value is -2.46. The van der Waals surface area contributed by atoms with E-state index in [1.54, 1.807) is 12.1 Å². The number of carbonyl (C=O) groups excluding carboxylic acids is 1. The van der Waals surface area contributed by atoms with Crippen LogP contribution in [-0.4, -0.2) is 63.5 Å². The first-order valence-corrected chi connectivity index (χ1v) is 11.8. The zero-order chi connectivity index (χ0) is 22.3. The minimum atomic E-state index is -3.61. The lowest BCUT2D eigenvalue weighted by Gasteiger charge is -2.26. The fourth-order valence-corrected chi connectivity index (χ4v) is 4.74. The molecule has 0 unspecified atom stereocenters. The Bertz CT molecular complexity index is 991. The quantitative estimate of drug-likeness (QED) is 0.650. The van der Waals surface area contributed by atoms with Crippen LogP contribution in [-0.2, 0) is 27.8 Å². The van der Waals surface area contributed by atoms with Crippen LogP contribution in [0, 0.1) is 0 Å². The van der Waals surface area contributed by atoms with Crippen molar-refractivity contribution >= 4 is 21.7 Å². The smallest absolute Gasteiger partial charge is 0.319 e. The van der Waals surface area contributed by atoms with Gasteiger partial charge in [-0.2, -0.15) is 4.31 Å². The molecule has 1 fully saturated rings. The summed E-state index contributed by atoms with van der Waals surface area (Å²) in [7, 11) is -1.55. The summed E-state index contributed by atoms with van der Waals surface area (Å²) in [6.45, 7) is 5.72. The monoisotopic (exact) mass is 446 g/mol. The molecule has 2 aromatic carbocycles. The van der Waals surface area contributed by atoms with Crippen molar-refractivity contribution in [2.75, 3.05) is 45.2 Å². The number of sulfonamides is 1. The van der Waals surface area contributed by atoms with E-state index in [0.717, 1.165) is 18.7 Å². The number of nitrogens with zero attached hydrogens (tertiary/aromatic N) is 2. The zero-order valence-electron chi connectivity index (χ0n) is 18.0. The molecule has 1 aliphatic heterocycles. The van der Waals surface area contributed by atoms with Gasteiger partial charge in [0.1, 0.15) is 0 Å². The maximum atomic E-state index is 12.8. The molecule has 1 saturated heterocycles. The molecule has 2 N–H and O–H groups in total. The lowest BCUT2D eigenvalue weighted by Crippen LogP contribution is -2.40. The molecule has 3 rings (SSSR count). The highest BCUT2D eigenvalue weighted by Gasteiger charge is 2.26. The first-order valence-electron chi connectivity index (χ1n) is 10.4. The highest BCUT2D eigenvalue weighted by Crippen LogP contribution is 2.20. The maximum absolute atomic E-state index is 12.8. The third-order valence-electron chi connectivity index (χ3n) is 5.14.